The second-order valence-electron chi connectivity index (χ2n) is 4.63. The summed E-state index contributed by atoms with van der Waals surface area (Å²) in [6.45, 7) is 4.14. The van der Waals surface area contributed by atoms with E-state index in [1.165, 1.54) is 0 Å². The zero-order chi connectivity index (χ0) is 10.9. The van der Waals surface area contributed by atoms with Crippen molar-refractivity contribution in [2.45, 2.75) is 38.7 Å². The number of carbonyl (C=O) groups excluding carboxylic acids is 1. The van der Waals surface area contributed by atoms with Gasteiger partial charge in [-0.1, -0.05) is 12.1 Å². The summed E-state index contributed by atoms with van der Waals surface area (Å²) in [5.74, 6) is 0.924. The Hall–Kier alpha value is -1.31. The number of Topliss-reactive ketones (excluding diaryl/α,β-unsaturated/α-hetero) is 1. The molecule has 0 fully saturated rings. The molecular weight excluding hydrogens is 188 g/mol. The number of carbonyl (C=O) groups is 1. The van der Waals surface area contributed by atoms with Crippen molar-refractivity contribution in [3.8, 4) is 5.75 Å². The fourth-order valence-electron chi connectivity index (χ4n) is 1.94. The third-order valence-corrected chi connectivity index (χ3v) is 2.76. The van der Waals surface area contributed by atoms with Crippen molar-refractivity contribution in [3.63, 3.8) is 0 Å². The average molecular weight is 204 g/mol. The van der Waals surface area contributed by atoms with E-state index in [-0.39, 0.29) is 11.4 Å². The van der Waals surface area contributed by atoms with Gasteiger partial charge in [-0.05, 0) is 38.8 Å². The molecule has 0 aliphatic carbocycles. The smallest absolute Gasteiger partial charge is 0.166 e. The second kappa shape index (κ2) is 3.69. The molecule has 1 aliphatic rings. The highest BCUT2D eigenvalue weighted by Crippen LogP contribution is 2.30. The molecule has 0 amide bonds. The van der Waals surface area contributed by atoms with E-state index in [1.54, 1.807) is 0 Å². The number of benzene rings is 1. The van der Waals surface area contributed by atoms with Crippen molar-refractivity contribution in [2.75, 3.05) is 0 Å². The van der Waals surface area contributed by atoms with Crippen molar-refractivity contribution >= 4 is 5.78 Å². The number of hydrogen-bond donors (Lipinski definition) is 0. The van der Waals surface area contributed by atoms with E-state index >= 15 is 0 Å². The molecule has 1 heterocycles. The minimum Gasteiger partial charge on any atom is -0.487 e. The van der Waals surface area contributed by atoms with Crippen molar-refractivity contribution in [1.29, 1.82) is 0 Å². The van der Waals surface area contributed by atoms with E-state index in [9.17, 15) is 4.79 Å². The predicted octanol–water partition coefficient (Wildman–Crippen LogP) is 3.21. The molecule has 1 aromatic rings. The maximum atomic E-state index is 11.8. The fourth-order valence-corrected chi connectivity index (χ4v) is 1.94. The van der Waals surface area contributed by atoms with Gasteiger partial charge in [0.2, 0.25) is 0 Å². The van der Waals surface area contributed by atoms with Gasteiger partial charge in [0.1, 0.15) is 11.4 Å². The highest BCUT2D eigenvalue weighted by atomic mass is 16.5. The first kappa shape index (κ1) is 10.2. The maximum Gasteiger partial charge on any atom is 0.166 e. The molecule has 80 valence electrons. The van der Waals surface area contributed by atoms with Crippen molar-refractivity contribution in [2.24, 2.45) is 0 Å². The van der Waals surface area contributed by atoms with Gasteiger partial charge < -0.3 is 4.74 Å². The Morgan fingerprint density at radius 1 is 1.27 bits per heavy atom. The zero-order valence-electron chi connectivity index (χ0n) is 9.25. The molecule has 15 heavy (non-hydrogen) atoms. The molecule has 2 heteroatoms. The van der Waals surface area contributed by atoms with Crippen LogP contribution in [0, 0.1) is 0 Å². The number of para-hydroxylation sites is 1. The van der Waals surface area contributed by atoms with Crippen molar-refractivity contribution in [3.05, 3.63) is 29.8 Å². The molecule has 0 N–H and O–H groups in total. The Morgan fingerprint density at radius 2 is 2.00 bits per heavy atom. The summed E-state index contributed by atoms with van der Waals surface area (Å²) in [4.78, 5) is 11.8. The normalized spacial score (nSPS) is 19.7. The monoisotopic (exact) mass is 204 g/mol. The Kier molecular flexibility index (Phi) is 2.51. The molecule has 1 aromatic carbocycles. The Bertz CT molecular complexity index is 380. The van der Waals surface area contributed by atoms with Crippen LogP contribution in [0.5, 0.6) is 5.75 Å². The van der Waals surface area contributed by atoms with Gasteiger partial charge in [-0.15, -0.1) is 0 Å². The minimum absolute atomic E-state index is 0.170. The summed E-state index contributed by atoms with van der Waals surface area (Å²) in [5, 5.41) is 0. The van der Waals surface area contributed by atoms with Gasteiger partial charge in [0, 0.05) is 6.42 Å². The lowest BCUT2D eigenvalue weighted by Crippen LogP contribution is -2.30. The quantitative estimate of drug-likeness (QED) is 0.648. The molecule has 0 saturated heterocycles. The molecule has 2 nitrogen and oxygen atoms in total. The van der Waals surface area contributed by atoms with E-state index in [2.05, 4.69) is 13.8 Å². The van der Waals surface area contributed by atoms with E-state index in [0.29, 0.717) is 6.42 Å². The number of hydrogen-bond acceptors (Lipinski definition) is 2. The summed E-state index contributed by atoms with van der Waals surface area (Å²) in [5.41, 5.74) is 0.557. The van der Waals surface area contributed by atoms with Crippen molar-refractivity contribution in [1.82, 2.24) is 0 Å². The van der Waals surface area contributed by atoms with Gasteiger partial charge in [0.15, 0.2) is 5.78 Å². The molecule has 0 radical (unpaired) electrons. The molecular formula is C13H16O2. The average Bonchev–Trinajstić information content (AvgIpc) is 2.15. The SMILES string of the molecule is CC1(C)CCCC(=O)c2ccccc2O1. The molecule has 0 spiro atoms. The van der Waals surface area contributed by atoms with Crippen LogP contribution in [0.4, 0.5) is 0 Å². The second-order valence-corrected chi connectivity index (χ2v) is 4.63. The number of fused-ring (bicyclic) bond motifs is 1. The summed E-state index contributed by atoms with van der Waals surface area (Å²) in [7, 11) is 0. The third-order valence-electron chi connectivity index (χ3n) is 2.76. The first-order valence-electron chi connectivity index (χ1n) is 5.40. The lowest BCUT2D eigenvalue weighted by atomic mass is 9.95. The van der Waals surface area contributed by atoms with Gasteiger partial charge in [-0.3, -0.25) is 4.79 Å². The van der Waals surface area contributed by atoms with Gasteiger partial charge >= 0.3 is 0 Å². The number of ether oxygens (including phenoxy) is 1. The third kappa shape index (κ3) is 2.20. The van der Waals surface area contributed by atoms with Gasteiger partial charge in [-0.2, -0.15) is 0 Å². The number of ketones is 1. The molecule has 0 bridgehead atoms. The van der Waals surface area contributed by atoms with E-state index in [4.69, 9.17) is 4.74 Å². The summed E-state index contributed by atoms with van der Waals surface area (Å²) in [6, 6.07) is 7.51. The lowest BCUT2D eigenvalue weighted by Gasteiger charge is -2.29. The Labute approximate surface area is 90.3 Å². The topological polar surface area (TPSA) is 26.3 Å². The van der Waals surface area contributed by atoms with Crippen LogP contribution in [0.2, 0.25) is 0 Å². The van der Waals surface area contributed by atoms with Crippen LogP contribution in [0.3, 0.4) is 0 Å². The van der Waals surface area contributed by atoms with Crippen LogP contribution < -0.4 is 4.74 Å². The highest BCUT2D eigenvalue weighted by Gasteiger charge is 2.25. The Morgan fingerprint density at radius 3 is 2.80 bits per heavy atom. The van der Waals surface area contributed by atoms with Crippen LogP contribution in [0.15, 0.2) is 24.3 Å². The van der Waals surface area contributed by atoms with Crippen LogP contribution in [-0.2, 0) is 0 Å². The fraction of sp³-hybridized carbons (Fsp3) is 0.462. The summed E-state index contributed by atoms with van der Waals surface area (Å²) >= 11 is 0. The number of rotatable bonds is 0. The zero-order valence-corrected chi connectivity index (χ0v) is 9.25. The van der Waals surface area contributed by atoms with Gasteiger partial charge in [0.05, 0.1) is 5.56 Å². The van der Waals surface area contributed by atoms with Crippen LogP contribution in [0.25, 0.3) is 0 Å². The summed E-state index contributed by atoms with van der Waals surface area (Å²) < 4.78 is 5.87. The highest BCUT2D eigenvalue weighted by molar-refractivity contribution is 5.98. The van der Waals surface area contributed by atoms with Gasteiger partial charge in [-0.25, -0.2) is 0 Å². The minimum atomic E-state index is -0.170. The van der Waals surface area contributed by atoms with Crippen LogP contribution in [0.1, 0.15) is 43.5 Å². The van der Waals surface area contributed by atoms with E-state index in [1.807, 2.05) is 24.3 Å². The van der Waals surface area contributed by atoms with E-state index < -0.39 is 0 Å². The van der Waals surface area contributed by atoms with Crippen LogP contribution in [-0.4, -0.2) is 11.4 Å². The molecule has 0 unspecified atom stereocenters. The van der Waals surface area contributed by atoms with E-state index in [0.717, 1.165) is 24.2 Å². The van der Waals surface area contributed by atoms with Crippen LogP contribution >= 0.6 is 0 Å². The molecule has 1 aliphatic heterocycles. The largest absolute Gasteiger partial charge is 0.487 e. The summed E-state index contributed by atoms with van der Waals surface area (Å²) in [6.07, 6.45) is 2.46. The predicted molar refractivity (Wildman–Crippen MR) is 59.3 cm³/mol. The standard InChI is InChI=1S/C13H16O2/c1-13(2)9-5-7-11(14)10-6-3-4-8-12(10)15-13/h3-4,6,8H,5,7,9H2,1-2H3. The lowest BCUT2D eigenvalue weighted by molar-refractivity contribution is 0.0793. The molecule has 0 aromatic heterocycles. The Balaban J connectivity index is 2.41. The molecule has 0 atom stereocenters. The maximum absolute atomic E-state index is 11.8. The van der Waals surface area contributed by atoms with Crippen molar-refractivity contribution < 1.29 is 9.53 Å². The van der Waals surface area contributed by atoms with Gasteiger partial charge in [0.25, 0.3) is 0 Å². The molecule has 0 saturated carbocycles. The molecule has 2 rings (SSSR count). The first-order valence-corrected chi connectivity index (χ1v) is 5.40. The first-order chi connectivity index (χ1) is 7.08.